The second-order valence-electron chi connectivity index (χ2n) is 7.08. The highest BCUT2D eigenvalue weighted by atomic mass is 16.5. The van der Waals surface area contributed by atoms with Crippen molar-refractivity contribution in [3.8, 4) is 0 Å². The van der Waals surface area contributed by atoms with Crippen LogP contribution in [0, 0.1) is 11.8 Å². The van der Waals surface area contributed by atoms with E-state index in [-0.39, 0.29) is 6.04 Å². The molecule has 2 bridgehead atoms. The van der Waals surface area contributed by atoms with E-state index in [2.05, 4.69) is 19.0 Å². The topological polar surface area (TPSA) is 64.9 Å². The summed E-state index contributed by atoms with van der Waals surface area (Å²) >= 11 is 0. The molecule has 0 aromatic carbocycles. The van der Waals surface area contributed by atoms with E-state index in [0.29, 0.717) is 11.8 Å². The minimum Gasteiger partial charge on any atom is -0.339 e. The molecule has 112 valence electrons. The Labute approximate surface area is 121 Å². The first-order valence-electron chi connectivity index (χ1n) is 8.22. The molecule has 0 amide bonds. The zero-order valence-corrected chi connectivity index (χ0v) is 12.7. The Morgan fingerprint density at radius 2 is 2.10 bits per heavy atom. The van der Waals surface area contributed by atoms with Gasteiger partial charge in [-0.2, -0.15) is 4.98 Å². The SMILES string of the molecule is CC(N)CCCC(C)c1nc(C2CC3CCC2C3)no1. The number of nitrogens with zero attached hydrogens (tertiary/aromatic N) is 2. The Bertz CT molecular complexity index is 443. The van der Waals surface area contributed by atoms with Crippen molar-refractivity contribution in [2.45, 2.75) is 76.7 Å². The molecular weight excluding hydrogens is 250 g/mol. The summed E-state index contributed by atoms with van der Waals surface area (Å²) in [7, 11) is 0. The van der Waals surface area contributed by atoms with Crippen molar-refractivity contribution in [3.63, 3.8) is 0 Å². The molecule has 1 aromatic heterocycles. The number of aromatic nitrogens is 2. The van der Waals surface area contributed by atoms with Gasteiger partial charge in [0, 0.05) is 17.9 Å². The van der Waals surface area contributed by atoms with E-state index in [1.54, 1.807) is 0 Å². The van der Waals surface area contributed by atoms with Crippen molar-refractivity contribution < 1.29 is 4.52 Å². The van der Waals surface area contributed by atoms with E-state index in [1.807, 2.05) is 0 Å². The molecular formula is C16H27N3O. The van der Waals surface area contributed by atoms with Crippen LogP contribution in [0.1, 0.15) is 82.3 Å². The van der Waals surface area contributed by atoms with Crippen LogP contribution in [-0.2, 0) is 0 Å². The minimum atomic E-state index is 0.287. The van der Waals surface area contributed by atoms with Crippen LogP contribution in [0.5, 0.6) is 0 Å². The standard InChI is InChI=1S/C16H27N3O/c1-10(4-3-5-11(2)17)16-18-15(19-20-16)14-9-12-6-7-13(14)8-12/h10-14H,3-9,17H2,1-2H3. The van der Waals surface area contributed by atoms with Gasteiger partial charge in [-0.05, 0) is 50.9 Å². The number of hydrogen-bond donors (Lipinski definition) is 1. The van der Waals surface area contributed by atoms with Crippen molar-refractivity contribution in [1.29, 1.82) is 0 Å². The summed E-state index contributed by atoms with van der Waals surface area (Å²) in [6.45, 7) is 4.24. The Morgan fingerprint density at radius 3 is 2.75 bits per heavy atom. The van der Waals surface area contributed by atoms with Crippen LogP contribution in [0.25, 0.3) is 0 Å². The van der Waals surface area contributed by atoms with Crippen LogP contribution >= 0.6 is 0 Å². The van der Waals surface area contributed by atoms with E-state index in [0.717, 1.165) is 42.8 Å². The maximum atomic E-state index is 5.79. The van der Waals surface area contributed by atoms with Crippen LogP contribution in [0.4, 0.5) is 0 Å². The van der Waals surface area contributed by atoms with Crippen LogP contribution < -0.4 is 5.73 Å². The van der Waals surface area contributed by atoms with Crippen molar-refractivity contribution in [3.05, 3.63) is 11.7 Å². The monoisotopic (exact) mass is 277 g/mol. The van der Waals surface area contributed by atoms with E-state index >= 15 is 0 Å². The third-order valence-electron chi connectivity index (χ3n) is 5.25. The minimum absolute atomic E-state index is 0.287. The summed E-state index contributed by atoms with van der Waals surface area (Å²) in [6, 6.07) is 0.287. The second kappa shape index (κ2) is 5.84. The molecule has 2 aliphatic carbocycles. The lowest BCUT2D eigenvalue weighted by atomic mass is 9.88. The highest BCUT2D eigenvalue weighted by Crippen LogP contribution is 2.52. The van der Waals surface area contributed by atoms with Crippen molar-refractivity contribution in [1.82, 2.24) is 10.1 Å². The molecule has 0 spiro atoms. The first kappa shape index (κ1) is 14.1. The van der Waals surface area contributed by atoms with E-state index < -0.39 is 0 Å². The van der Waals surface area contributed by atoms with Gasteiger partial charge in [-0.25, -0.2) is 0 Å². The lowest BCUT2D eigenvalue weighted by molar-refractivity contribution is 0.334. The van der Waals surface area contributed by atoms with Gasteiger partial charge in [-0.3, -0.25) is 0 Å². The van der Waals surface area contributed by atoms with Gasteiger partial charge in [-0.1, -0.05) is 24.9 Å². The predicted octanol–water partition coefficient (Wildman–Crippen LogP) is 3.59. The van der Waals surface area contributed by atoms with E-state index in [1.165, 1.54) is 25.7 Å². The predicted molar refractivity (Wildman–Crippen MR) is 78.4 cm³/mol. The normalized spacial score (nSPS) is 31.6. The number of nitrogens with two attached hydrogens (primary N) is 1. The number of hydrogen-bond acceptors (Lipinski definition) is 4. The van der Waals surface area contributed by atoms with E-state index in [9.17, 15) is 0 Å². The zero-order valence-electron chi connectivity index (χ0n) is 12.7. The summed E-state index contributed by atoms with van der Waals surface area (Å²) in [5, 5.41) is 4.27. The van der Waals surface area contributed by atoms with E-state index in [4.69, 9.17) is 15.2 Å². The Hall–Kier alpha value is -0.900. The molecule has 1 heterocycles. The van der Waals surface area contributed by atoms with Gasteiger partial charge in [0.1, 0.15) is 0 Å². The molecule has 0 saturated heterocycles. The van der Waals surface area contributed by atoms with Gasteiger partial charge in [0.25, 0.3) is 0 Å². The Balaban J connectivity index is 1.56. The molecule has 2 N–H and O–H groups in total. The average molecular weight is 277 g/mol. The molecule has 5 atom stereocenters. The molecule has 3 rings (SSSR count). The summed E-state index contributed by atoms with van der Waals surface area (Å²) in [4.78, 5) is 4.70. The lowest BCUT2D eigenvalue weighted by Crippen LogP contribution is -2.14. The van der Waals surface area contributed by atoms with Gasteiger partial charge in [0.05, 0.1) is 0 Å². The molecule has 1 aromatic rings. The third-order valence-corrected chi connectivity index (χ3v) is 5.25. The fourth-order valence-corrected chi connectivity index (χ4v) is 4.03. The number of rotatable bonds is 6. The van der Waals surface area contributed by atoms with Gasteiger partial charge < -0.3 is 10.3 Å². The first-order chi connectivity index (χ1) is 9.63. The highest BCUT2D eigenvalue weighted by Gasteiger charge is 2.42. The Morgan fingerprint density at radius 1 is 1.25 bits per heavy atom. The molecule has 5 unspecified atom stereocenters. The highest BCUT2D eigenvalue weighted by molar-refractivity contribution is 5.07. The molecule has 0 aliphatic heterocycles. The second-order valence-corrected chi connectivity index (χ2v) is 7.08. The van der Waals surface area contributed by atoms with Crippen LogP contribution in [0.15, 0.2) is 4.52 Å². The van der Waals surface area contributed by atoms with Gasteiger partial charge in [-0.15, -0.1) is 0 Å². The fourth-order valence-electron chi connectivity index (χ4n) is 4.03. The summed E-state index contributed by atoms with van der Waals surface area (Å²) in [5.74, 6) is 4.48. The molecule has 0 radical (unpaired) electrons. The first-order valence-corrected chi connectivity index (χ1v) is 8.22. The molecule has 2 fully saturated rings. The van der Waals surface area contributed by atoms with Crippen LogP contribution in [-0.4, -0.2) is 16.2 Å². The lowest BCUT2D eigenvalue weighted by Gasteiger charge is -2.17. The van der Waals surface area contributed by atoms with Crippen LogP contribution in [0.2, 0.25) is 0 Å². The van der Waals surface area contributed by atoms with Gasteiger partial charge >= 0.3 is 0 Å². The third kappa shape index (κ3) is 2.90. The summed E-state index contributed by atoms with van der Waals surface area (Å²) in [6.07, 6.45) is 8.73. The largest absolute Gasteiger partial charge is 0.339 e. The van der Waals surface area contributed by atoms with Gasteiger partial charge in [0.2, 0.25) is 5.89 Å². The summed E-state index contributed by atoms with van der Waals surface area (Å²) in [5.41, 5.74) is 5.79. The smallest absolute Gasteiger partial charge is 0.229 e. The van der Waals surface area contributed by atoms with Crippen molar-refractivity contribution in [2.24, 2.45) is 17.6 Å². The molecule has 4 heteroatoms. The summed E-state index contributed by atoms with van der Waals surface area (Å²) < 4.78 is 5.51. The quantitative estimate of drug-likeness (QED) is 0.863. The zero-order chi connectivity index (χ0) is 14.1. The number of fused-ring (bicyclic) bond motifs is 2. The van der Waals surface area contributed by atoms with Crippen LogP contribution in [0.3, 0.4) is 0 Å². The fraction of sp³-hybridized carbons (Fsp3) is 0.875. The maximum Gasteiger partial charge on any atom is 0.229 e. The molecule has 2 aliphatic rings. The maximum absolute atomic E-state index is 5.79. The Kier molecular flexibility index (Phi) is 4.11. The molecule has 20 heavy (non-hydrogen) atoms. The van der Waals surface area contributed by atoms with Gasteiger partial charge in [0.15, 0.2) is 5.82 Å². The molecule has 4 nitrogen and oxygen atoms in total. The van der Waals surface area contributed by atoms with Crippen molar-refractivity contribution >= 4 is 0 Å². The molecule has 2 saturated carbocycles. The van der Waals surface area contributed by atoms with Crippen molar-refractivity contribution in [2.75, 3.05) is 0 Å². The average Bonchev–Trinajstić information content (AvgIpc) is 3.13.